The molecule has 0 spiro atoms. The van der Waals surface area contributed by atoms with Crippen molar-refractivity contribution in [3.8, 4) is 23.0 Å². The van der Waals surface area contributed by atoms with Gasteiger partial charge in [-0.3, -0.25) is 14.7 Å². The van der Waals surface area contributed by atoms with Crippen LogP contribution in [0.1, 0.15) is 33.6 Å². The van der Waals surface area contributed by atoms with Gasteiger partial charge in [0.25, 0.3) is 0 Å². The first-order chi connectivity index (χ1) is 19.6. The van der Waals surface area contributed by atoms with Crippen molar-refractivity contribution in [2.75, 3.05) is 24.6 Å². The number of pyridine rings is 1. The molecule has 11 heteroatoms. The molecule has 2 aliphatic rings. The van der Waals surface area contributed by atoms with Crippen LogP contribution in [-0.2, 0) is 9.53 Å². The highest BCUT2D eigenvalue weighted by Gasteiger charge is 2.45. The number of fused-ring (bicyclic) bond motifs is 4. The second kappa shape index (κ2) is 10.1. The number of amides is 1. The number of hydrogen-bond donors (Lipinski definition) is 1. The molecule has 0 saturated carbocycles. The van der Waals surface area contributed by atoms with Gasteiger partial charge in [-0.25, -0.2) is 9.18 Å². The largest absolute Gasteiger partial charge is 0.508 e. The first-order valence-electron chi connectivity index (χ1n) is 13.5. The first-order valence-corrected chi connectivity index (χ1v) is 13.5. The van der Waals surface area contributed by atoms with Crippen LogP contribution in [0.3, 0.4) is 0 Å². The maximum atomic E-state index is 16.3. The number of hydrogen-bond acceptors (Lipinski definition) is 9. The number of carbonyl (C=O) groups excluding carboxylic acids is 2. The molecule has 2 atom stereocenters. The monoisotopic (exact) mass is 559 g/mol. The van der Waals surface area contributed by atoms with E-state index in [-0.39, 0.29) is 47.8 Å². The number of benzene rings is 2. The van der Waals surface area contributed by atoms with E-state index in [4.69, 9.17) is 9.47 Å². The highest BCUT2D eigenvalue weighted by molar-refractivity contribution is 6.00. The van der Waals surface area contributed by atoms with Crippen molar-refractivity contribution in [3.05, 3.63) is 48.4 Å². The van der Waals surface area contributed by atoms with Crippen LogP contribution in [0.15, 0.2) is 42.6 Å². The molecule has 41 heavy (non-hydrogen) atoms. The van der Waals surface area contributed by atoms with E-state index in [0.717, 1.165) is 23.6 Å². The molecule has 212 valence electrons. The van der Waals surface area contributed by atoms with Gasteiger partial charge in [0.15, 0.2) is 12.1 Å². The molecule has 6 rings (SSSR count). The maximum absolute atomic E-state index is 16.3. The molecule has 2 bridgehead atoms. The minimum atomic E-state index is -0.701. The Labute approximate surface area is 235 Å². The van der Waals surface area contributed by atoms with Gasteiger partial charge in [0, 0.05) is 24.8 Å². The Morgan fingerprint density at radius 2 is 1.85 bits per heavy atom. The summed E-state index contributed by atoms with van der Waals surface area (Å²) in [5.74, 6) is -0.305. The number of aromatic nitrogens is 3. The molecule has 2 saturated heterocycles. The number of aldehydes is 1. The highest BCUT2D eigenvalue weighted by atomic mass is 19.1. The normalized spacial score (nSPS) is 18.6. The lowest BCUT2D eigenvalue weighted by Gasteiger charge is -2.42. The van der Waals surface area contributed by atoms with Gasteiger partial charge in [0.05, 0.1) is 17.5 Å². The fourth-order valence-corrected chi connectivity index (χ4v) is 5.80. The Morgan fingerprint density at radius 3 is 2.56 bits per heavy atom. The summed E-state index contributed by atoms with van der Waals surface area (Å²) in [4.78, 5) is 41.1. The van der Waals surface area contributed by atoms with Gasteiger partial charge in [0.1, 0.15) is 35.0 Å². The zero-order valence-electron chi connectivity index (χ0n) is 23.0. The Kier molecular flexibility index (Phi) is 6.59. The second-order valence-electron chi connectivity index (χ2n) is 11.4. The van der Waals surface area contributed by atoms with Crippen LogP contribution in [0.2, 0.25) is 0 Å². The number of phenolic OH excluding ortho intramolecular Hbond substituents is 1. The summed E-state index contributed by atoms with van der Waals surface area (Å²) in [6.45, 7) is 6.13. The summed E-state index contributed by atoms with van der Waals surface area (Å²) in [5.41, 5.74) is -0.191. The van der Waals surface area contributed by atoms with Crippen LogP contribution in [0.25, 0.3) is 32.9 Å². The molecule has 2 fully saturated rings. The Bertz CT molecular complexity index is 1660. The van der Waals surface area contributed by atoms with E-state index in [1.54, 1.807) is 11.0 Å². The Hall–Kier alpha value is -4.54. The van der Waals surface area contributed by atoms with Crippen LogP contribution in [0.5, 0.6) is 11.8 Å². The van der Waals surface area contributed by atoms with Gasteiger partial charge in [-0.15, -0.1) is 0 Å². The van der Waals surface area contributed by atoms with Crippen molar-refractivity contribution in [2.24, 2.45) is 0 Å². The summed E-state index contributed by atoms with van der Waals surface area (Å²) >= 11 is 0. The van der Waals surface area contributed by atoms with Gasteiger partial charge in [-0.05, 0) is 56.5 Å². The number of phenols is 1. The van der Waals surface area contributed by atoms with Gasteiger partial charge in [-0.1, -0.05) is 24.3 Å². The minimum absolute atomic E-state index is 0.0169. The molecule has 2 aromatic heterocycles. The third kappa shape index (κ3) is 4.96. The van der Waals surface area contributed by atoms with E-state index in [9.17, 15) is 14.7 Å². The second-order valence-corrected chi connectivity index (χ2v) is 11.4. The molecule has 2 unspecified atom stereocenters. The van der Waals surface area contributed by atoms with Crippen LogP contribution in [0, 0.1) is 5.82 Å². The van der Waals surface area contributed by atoms with Crippen molar-refractivity contribution < 1.29 is 28.6 Å². The van der Waals surface area contributed by atoms with Crippen LogP contribution >= 0.6 is 0 Å². The van der Waals surface area contributed by atoms with E-state index in [1.165, 1.54) is 12.3 Å². The van der Waals surface area contributed by atoms with Gasteiger partial charge >= 0.3 is 12.1 Å². The van der Waals surface area contributed by atoms with Gasteiger partial charge in [0.2, 0.25) is 0 Å². The summed E-state index contributed by atoms with van der Waals surface area (Å²) in [7, 11) is 0. The van der Waals surface area contributed by atoms with Gasteiger partial charge < -0.3 is 19.5 Å². The third-order valence-electron chi connectivity index (χ3n) is 7.41. The summed E-state index contributed by atoms with van der Waals surface area (Å²) < 4.78 is 27.4. The molecule has 0 aliphatic carbocycles. The number of ether oxygens (including phenoxy) is 2. The fourth-order valence-electron chi connectivity index (χ4n) is 5.80. The smallest absolute Gasteiger partial charge is 0.410 e. The first kappa shape index (κ1) is 26.7. The lowest BCUT2D eigenvalue weighted by atomic mass is 10.00. The average molecular weight is 560 g/mol. The van der Waals surface area contributed by atoms with Crippen LogP contribution < -0.4 is 9.64 Å². The number of rotatable bonds is 5. The lowest BCUT2D eigenvalue weighted by molar-refractivity contribution is -0.109. The van der Waals surface area contributed by atoms with Crippen molar-refractivity contribution in [1.29, 1.82) is 0 Å². The number of aromatic hydroxyl groups is 1. The van der Waals surface area contributed by atoms with E-state index in [2.05, 4.69) is 15.0 Å². The Morgan fingerprint density at radius 1 is 1.12 bits per heavy atom. The molecule has 1 N–H and O–H groups in total. The number of anilines is 1. The molecule has 2 aromatic carbocycles. The molecule has 4 heterocycles. The van der Waals surface area contributed by atoms with E-state index in [0.29, 0.717) is 36.1 Å². The zero-order chi connectivity index (χ0) is 28.9. The van der Waals surface area contributed by atoms with Crippen molar-refractivity contribution >= 4 is 39.9 Å². The van der Waals surface area contributed by atoms with E-state index in [1.807, 2.05) is 49.9 Å². The van der Waals surface area contributed by atoms with Crippen molar-refractivity contribution in [1.82, 2.24) is 19.9 Å². The topological polar surface area (TPSA) is 118 Å². The zero-order valence-corrected chi connectivity index (χ0v) is 23.0. The summed E-state index contributed by atoms with van der Waals surface area (Å²) in [6, 6.07) is 10.0. The minimum Gasteiger partial charge on any atom is -0.508 e. The molecular formula is C30H30FN5O5. The van der Waals surface area contributed by atoms with Crippen molar-refractivity contribution in [3.63, 3.8) is 0 Å². The predicted molar refractivity (Wildman–Crippen MR) is 151 cm³/mol. The standard InChI is InChI=1S/C30H30FN5O5/c1-30(2,3)41-29(39)36-18-8-9-19(36)16-35(15-18)27-23-14-32-25(24(31)26(23)33-28(34-27)40-11-10-37)22-13-20(38)12-17-6-4-5-7-21(17)22/h4-7,10,12-14,18-19,38H,8-9,11,15-16H2,1-3H3. The quantitative estimate of drug-likeness (QED) is 0.342. The van der Waals surface area contributed by atoms with Crippen LogP contribution in [0.4, 0.5) is 15.0 Å². The average Bonchev–Trinajstić information content (AvgIpc) is 3.20. The number of nitrogens with zero attached hydrogens (tertiary/aromatic N) is 5. The Balaban J connectivity index is 1.43. The summed E-state index contributed by atoms with van der Waals surface area (Å²) in [5, 5.41) is 12.2. The third-order valence-corrected chi connectivity index (χ3v) is 7.41. The molecule has 2 aliphatic heterocycles. The lowest BCUT2D eigenvalue weighted by Crippen LogP contribution is -2.57. The highest BCUT2D eigenvalue weighted by Crippen LogP contribution is 2.39. The maximum Gasteiger partial charge on any atom is 0.410 e. The number of halogens is 1. The number of piperazine rings is 1. The molecular weight excluding hydrogens is 529 g/mol. The molecule has 4 aromatic rings. The van der Waals surface area contributed by atoms with Gasteiger partial charge in [-0.2, -0.15) is 9.97 Å². The van der Waals surface area contributed by atoms with Crippen molar-refractivity contribution in [2.45, 2.75) is 51.3 Å². The molecule has 10 nitrogen and oxygen atoms in total. The predicted octanol–water partition coefficient (Wildman–Crippen LogP) is 4.86. The number of carbonyl (C=O) groups is 2. The van der Waals surface area contributed by atoms with E-state index < -0.39 is 11.4 Å². The fraction of sp³-hybridized carbons (Fsp3) is 0.367. The SMILES string of the molecule is CC(C)(C)OC(=O)N1C2CCC1CN(c1nc(OCC=O)nc3c(F)c(-c4cc(O)cc5ccccc45)ncc13)C2. The summed E-state index contributed by atoms with van der Waals surface area (Å²) in [6.07, 6.45) is 3.36. The van der Waals surface area contributed by atoms with E-state index >= 15 is 4.39 Å². The molecule has 0 radical (unpaired) electrons. The van der Waals surface area contributed by atoms with Crippen LogP contribution in [-0.4, -0.2) is 74.7 Å². The molecule has 1 amide bonds.